The average Bonchev–Trinajstić information content (AvgIpc) is 3.28. The zero-order valence-corrected chi connectivity index (χ0v) is 20.1. The molecule has 0 unspecified atom stereocenters. The van der Waals surface area contributed by atoms with E-state index in [0.29, 0.717) is 37.4 Å². The van der Waals surface area contributed by atoms with E-state index in [-0.39, 0.29) is 28.5 Å². The van der Waals surface area contributed by atoms with Crippen LogP contribution in [-0.4, -0.2) is 54.5 Å². The molecule has 10 nitrogen and oxygen atoms in total. The van der Waals surface area contributed by atoms with E-state index in [4.69, 9.17) is 10.00 Å². The number of benzene rings is 3. The van der Waals surface area contributed by atoms with E-state index in [1.807, 2.05) is 30.3 Å². The molecule has 0 bridgehead atoms. The molecule has 0 saturated heterocycles. The number of phenolic OH excluding ortho intramolecular Hbond substituents is 2. The maximum Gasteiger partial charge on any atom is 0.319 e. The van der Waals surface area contributed by atoms with Crippen LogP contribution in [0.2, 0.25) is 0 Å². The smallest absolute Gasteiger partial charge is 0.319 e. The number of carbonyl (C=O) groups is 1. The third kappa shape index (κ3) is 5.62. The van der Waals surface area contributed by atoms with Crippen molar-refractivity contribution in [1.82, 2.24) is 19.7 Å². The lowest BCUT2D eigenvalue weighted by Crippen LogP contribution is -2.26. The summed E-state index contributed by atoms with van der Waals surface area (Å²) in [6, 6.07) is 20.1. The van der Waals surface area contributed by atoms with Crippen LogP contribution in [-0.2, 0) is 6.54 Å². The van der Waals surface area contributed by atoms with E-state index in [9.17, 15) is 20.1 Å². The number of ether oxygens (including phenoxy) is 1. The Labute approximate surface area is 213 Å². The Bertz CT molecular complexity index is 1430. The van der Waals surface area contributed by atoms with Crippen LogP contribution in [0.25, 0.3) is 17.1 Å². The van der Waals surface area contributed by atoms with Gasteiger partial charge in [-0.15, -0.1) is 5.10 Å². The second-order valence-corrected chi connectivity index (χ2v) is 8.30. The topological polar surface area (TPSA) is 145 Å². The van der Waals surface area contributed by atoms with Crippen LogP contribution in [0.15, 0.2) is 66.7 Å². The van der Waals surface area contributed by atoms with Crippen LogP contribution < -0.4 is 4.74 Å². The highest BCUT2D eigenvalue weighted by Gasteiger charge is 2.24. The number of carbonyl (C=O) groups excluding carboxylic acids is 1. The first-order valence-electron chi connectivity index (χ1n) is 11.5. The zero-order valence-electron chi connectivity index (χ0n) is 20.1. The van der Waals surface area contributed by atoms with E-state index in [1.165, 1.54) is 15.5 Å². The van der Waals surface area contributed by atoms with Crippen LogP contribution in [0.1, 0.15) is 28.8 Å². The van der Waals surface area contributed by atoms with Crippen molar-refractivity contribution in [3.63, 3.8) is 0 Å². The number of aromatic hydroxyl groups is 3. The Hall–Kier alpha value is -5.04. The number of rotatable bonds is 9. The predicted molar refractivity (Wildman–Crippen MR) is 134 cm³/mol. The van der Waals surface area contributed by atoms with Crippen molar-refractivity contribution in [1.29, 1.82) is 5.26 Å². The molecule has 0 atom stereocenters. The van der Waals surface area contributed by atoms with Gasteiger partial charge >= 0.3 is 6.01 Å². The van der Waals surface area contributed by atoms with E-state index in [0.717, 1.165) is 11.6 Å². The average molecular weight is 500 g/mol. The number of phenols is 2. The maximum absolute atomic E-state index is 13.2. The van der Waals surface area contributed by atoms with Gasteiger partial charge in [0.2, 0.25) is 0 Å². The van der Waals surface area contributed by atoms with Crippen molar-refractivity contribution in [2.45, 2.75) is 19.4 Å². The predicted octanol–water partition coefficient (Wildman–Crippen LogP) is 4.01. The largest absolute Gasteiger partial charge is 0.507 e. The van der Waals surface area contributed by atoms with Crippen LogP contribution in [0, 0.1) is 11.3 Å². The molecule has 0 aliphatic rings. The molecule has 0 aliphatic heterocycles. The molecule has 0 aliphatic carbocycles. The monoisotopic (exact) mass is 499 g/mol. The standard InChI is InChI=1S/C27H25N5O5/c1-31(17-18-7-3-2-4-8-18)26(35)22-15-21(23(33)16-24(22)34)25-29-30-27(36)32(25)19-9-11-20(12-10-19)37-14-6-5-13-28/h2-4,7-12,15-16,33-34H,5-6,14,17H2,1H3,(H,30,36). The summed E-state index contributed by atoms with van der Waals surface area (Å²) in [5.74, 6) is -0.545. The number of nitriles is 1. The minimum atomic E-state index is -0.462. The highest BCUT2D eigenvalue weighted by Crippen LogP contribution is 2.37. The first kappa shape index (κ1) is 25.1. The third-order valence-corrected chi connectivity index (χ3v) is 5.64. The molecule has 0 fully saturated rings. The Morgan fingerprint density at radius 2 is 1.76 bits per heavy atom. The van der Waals surface area contributed by atoms with Crippen molar-refractivity contribution in [3.8, 4) is 46.4 Å². The molecule has 1 heterocycles. The van der Waals surface area contributed by atoms with Gasteiger partial charge < -0.3 is 25.0 Å². The molecule has 1 amide bonds. The van der Waals surface area contributed by atoms with Crippen LogP contribution in [0.5, 0.6) is 23.3 Å². The van der Waals surface area contributed by atoms with Gasteiger partial charge in [-0.25, -0.2) is 4.57 Å². The van der Waals surface area contributed by atoms with Gasteiger partial charge in [0, 0.05) is 26.1 Å². The van der Waals surface area contributed by atoms with Gasteiger partial charge in [-0.2, -0.15) is 5.26 Å². The number of nitrogens with zero attached hydrogens (tertiary/aromatic N) is 5. The normalized spacial score (nSPS) is 10.6. The SMILES string of the molecule is CN(Cc1ccccc1)C(=O)c1cc(-c2nnc(O)n2-c2ccc(OCCCC#N)cc2)c(O)cc1O. The summed E-state index contributed by atoms with van der Waals surface area (Å²) < 4.78 is 6.90. The summed E-state index contributed by atoms with van der Waals surface area (Å²) in [4.78, 5) is 14.6. The van der Waals surface area contributed by atoms with Crippen LogP contribution in [0.4, 0.5) is 0 Å². The Kier molecular flexibility index (Phi) is 7.54. The summed E-state index contributed by atoms with van der Waals surface area (Å²) in [7, 11) is 1.61. The molecule has 3 N–H and O–H groups in total. The highest BCUT2D eigenvalue weighted by molar-refractivity contribution is 5.98. The molecular weight excluding hydrogens is 474 g/mol. The molecule has 10 heteroatoms. The molecular formula is C27H25N5O5. The first-order chi connectivity index (χ1) is 17.9. The molecule has 3 aromatic carbocycles. The van der Waals surface area contributed by atoms with Gasteiger partial charge in [0.05, 0.1) is 29.5 Å². The summed E-state index contributed by atoms with van der Waals surface area (Å²) in [6.07, 6.45) is 1.01. The summed E-state index contributed by atoms with van der Waals surface area (Å²) in [6.45, 7) is 0.712. The van der Waals surface area contributed by atoms with Gasteiger partial charge in [0.15, 0.2) is 5.82 Å². The summed E-state index contributed by atoms with van der Waals surface area (Å²) in [5, 5.41) is 47.8. The van der Waals surface area contributed by atoms with E-state index in [1.54, 1.807) is 31.3 Å². The van der Waals surface area contributed by atoms with Crippen molar-refractivity contribution in [3.05, 3.63) is 77.9 Å². The zero-order chi connectivity index (χ0) is 26.4. The number of hydrogen-bond acceptors (Lipinski definition) is 8. The fourth-order valence-corrected chi connectivity index (χ4v) is 3.78. The Morgan fingerprint density at radius 1 is 1.03 bits per heavy atom. The van der Waals surface area contributed by atoms with Crippen LogP contribution in [0.3, 0.4) is 0 Å². The molecule has 0 saturated carbocycles. The fraction of sp³-hybridized carbons (Fsp3) is 0.185. The van der Waals surface area contributed by atoms with E-state index in [2.05, 4.69) is 16.3 Å². The van der Waals surface area contributed by atoms with Gasteiger partial charge in [-0.1, -0.05) is 35.4 Å². The van der Waals surface area contributed by atoms with Gasteiger partial charge in [0.1, 0.15) is 17.2 Å². The summed E-state index contributed by atoms with van der Waals surface area (Å²) >= 11 is 0. The molecule has 0 radical (unpaired) electrons. The fourth-order valence-electron chi connectivity index (χ4n) is 3.78. The Morgan fingerprint density at radius 3 is 2.46 bits per heavy atom. The molecule has 0 spiro atoms. The van der Waals surface area contributed by atoms with Crippen molar-refractivity contribution in [2.75, 3.05) is 13.7 Å². The van der Waals surface area contributed by atoms with Crippen molar-refractivity contribution < 1.29 is 24.9 Å². The van der Waals surface area contributed by atoms with Gasteiger partial charge in [-0.3, -0.25) is 4.79 Å². The van der Waals surface area contributed by atoms with Gasteiger partial charge in [0.25, 0.3) is 5.91 Å². The number of unbranched alkanes of at least 4 members (excludes halogenated alkanes) is 1. The number of aromatic nitrogens is 3. The highest BCUT2D eigenvalue weighted by atomic mass is 16.5. The lowest BCUT2D eigenvalue weighted by Gasteiger charge is -2.19. The quantitative estimate of drug-likeness (QED) is 0.293. The molecule has 37 heavy (non-hydrogen) atoms. The molecule has 4 aromatic rings. The van der Waals surface area contributed by atoms with Crippen molar-refractivity contribution >= 4 is 5.91 Å². The first-order valence-corrected chi connectivity index (χ1v) is 11.5. The third-order valence-electron chi connectivity index (χ3n) is 5.64. The lowest BCUT2D eigenvalue weighted by atomic mass is 10.1. The lowest BCUT2D eigenvalue weighted by molar-refractivity contribution is 0.0782. The van der Waals surface area contributed by atoms with Crippen LogP contribution >= 0.6 is 0 Å². The van der Waals surface area contributed by atoms with E-state index >= 15 is 0 Å². The minimum absolute atomic E-state index is 0.0404. The van der Waals surface area contributed by atoms with Gasteiger partial charge in [-0.05, 0) is 42.3 Å². The molecule has 4 rings (SSSR count). The molecule has 188 valence electrons. The molecule has 1 aromatic heterocycles. The Balaban J connectivity index is 1.63. The summed E-state index contributed by atoms with van der Waals surface area (Å²) in [5.41, 5.74) is 1.45. The number of amides is 1. The minimum Gasteiger partial charge on any atom is -0.507 e. The second-order valence-electron chi connectivity index (χ2n) is 8.30. The van der Waals surface area contributed by atoms with Crippen molar-refractivity contribution in [2.24, 2.45) is 0 Å². The number of hydrogen-bond donors (Lipinski definition) is 3. The maximum atomic E-state index is 13.2. The second kappa shape index (κ2) is 11.1. The van der Waals surface area contributed by atoms with E-state index < -0.39 is 11.9 Å².